The molecule has 6 aliphatic heterocycles. The van der Waals surface area contributed by atoms with E-state index >= 15 is 8.78 Å². The number of phenolic OH excluding ortho intramolecular Hbond substituents is 1. The quantitative estimate of drug-likeness (QED) is 0.0978. The summed E-state index contributed by atoms with van der Waals surface area (Å²) in [6.45, 7) is 14.3. The molecule has 16 nitrogen and oxygen atoms in total. The third kappa shape index (κ3) is 9.78. The number of imide groups is 1. The minimum absolute atomic E-state index is 0.00733. The number of imidazole rings is 1. The van der Waals surface area contributed by atoms with Crippen LogP contribution >= 0.6 is 0 Å². The number of anilines is 2. The number of benzene rings is 3. The van der Waals surface area contributed by atoms with Gasteiger partial charge in [-0.1, -0.05) is 19.9 Å². The first kappa shape index (κ1) is 50.6. The number of piperidine rings is 4. The highest BCUT2D eigenvalue weighted by atomic mass is 19.1. The standard InChI is InChI=1S/C58H71F2N11O5/c1-4-42-45(59)9-5-37-27-41(72)29-43(50(37)42)52-51(60)53-44(31-61-52)54(70-33-38-6-7-39(34-70)62-38)65-56(64-53)76-26-25-67-23-17-58(2,18-24-67)30-35-13-19-68(20-14-35)32-36-15-21-69(22-16-36)40-8-10-46-48(28-40)66(3)57(75)71(46)47-11-12-49(73)63-55(47)74/h5,8-10,27-29,31,35-36,38-39,47,62,72H,4,6-7,11-26,30,32-34H2,1-3H3,(H,63,73,74). The second-order valence-corrected chi connectivity index (χ2v) is 23.3. The number of amides is 2. The van der Waals surface area contributed by atoms with Crippen LogP contribution in [0, 0.1) is 28.9 Å². The van der Waals surface area contributed by atoms with E-state index in [1.165, 1.54) is 31.4 Å². The van der Waals surface area contributed by atoms with Gasteiger partial charge in [0.05, 0.1) is 16.4 Å². The molecule has 3 unspecified atom stereocenters. The lowest BCUT2D eigenvalue weighted by Crippen LogP contribution is -2.51. The Morgan fingerprint density at radius 2 is 1.58 bits per heavy atom. The number of aromatic hydroxyl groups is 1. The van der Waals surface area contributed by atoms with Gasteiger partial charge in [-0.3, -0.25) is 33.9 Å². The molecule has 3 N–H and O–H groups in total. The van der Waals surface area contributed by atoms with Crippen LogP contribution in [0.15, 0.2) is 53.5 Å². The van der Waals surface area contributed by atoms with Crippen molar-refractivity contribution in [1.29, 1.82) is 0 Å². The molecule has 6 fully saturated rings. The molecule has 6 saturated heterocycles. The largest absolute Gasteiger partial charge is 0.508 e. The molecule has 18 heteroatoms. The fourth-order valence-corrected chi connectivity index (χ4v) is 13.9. The monoisotopic (exact) mass is 1040 g/mol. The number of nitrogens with one attached hydrogen (secondary N) is 2. The highest BCUT2D eigenvalue weighted by Crippen LogP contribution is 2.42. The number of rotatable bonds is 13. The summed E-state index contributed by atoms with van der Waals surface area (Å²) in [6, 6.07) is 12.2. The van der Waals surface area contributed by atoms with Gasteiger partial charge in [-0.15, -0.1) is 0 Å². The smallest absolute Gasteiger partial charge is 0.329 e. The zero-order chi connectivity index (χ0) is 52.4. The SMILES string of the molecule is CCc1c(F)ccc2cc(O)cc(-c3ncc4c(N5CC6CCC(C5)N6)nc(OCCN5CCC(C)(CC6CCN(CC7CCN(c8ccc9c(c8)n(C)c(=O)n9C8CCC(=O)NC8=O)CC7)CC6)CC5)nc4c3F)c12. The molecule has 402 valence electrons. The number of nitrogens with zero attached hydrogens (tertiary/aromatic N) is 9. The molecule has 2 bridgehead atoms. The zero-order valence-corrected chi connectivity index (χ0v) is 44.1. The third-order valence-electron chi connectivity index (χ3n) is 18.2. The second kappa shape index (κ2) is 20.6. The number of carbonyl (C=O) groups excluding carboxylic acids is 2. The average molecular weight is 1040 g/mol. The van der Waals surface area contributed by atoms with Crippen molar-refractivity contribution in [2.75, 3.05) is 81.9 Å². The molecule has 12 rings (SSSR count). The van der Waals surface area contributed by atoms with Crippen LogP contribution in [-0.4, -0.2) is 135 Å². The van der Waals surface area contributed by atoms with Crippen LogP contribution in [0.1, 0.15) is 96.1 Å². The van der Waals surface area contributed by atoms with E-state index in [0.29, 0.717) is 82.5 Å². The lowest BCUT2D eigenvalue weighted by atomic mass is 9.72. The number of likely N-dealkylation sites (tertiary alicyclic amines) is 2. The molecule has 2 amide bonds. The number of fused-ring (bicyclic) bond motifs is 5. The first-order valence-corrected chi connectivity index (χ1v) is 28.0. The summed E-state index contributed by atoms with van der Waals surface area (Å²) in [4.78, 5) is 61.9. The summed E-state index contributed by atoms with van der Waals surface area (Å²) in [5.74, 6) is 0.170. The van der Waals surface area contributed by atoms with Gasteiger partial charge < -0.3 is 29.9 Å². The Balaban J connectivity index is 0.634. The van der Waals surface area contributed by atoms with Gasteiger partial charge in [0.25, 0.3) is 0 Å². The van der Waals surface area contributed by atoms with Crippen molar-refractivity contribution >= 4 is 56.0 Å². The summed E-state index contributed by atoms with van der Waals surface area (Å²) in [5, 5.41) is 18.4. The summed E-state index contributed by atoms with van der Waals surface area (Å²) >= 11 is 0. The van der Waals surface area contributed by atoms with Crippen molar-refractivity contribution in [1.82, 2.24) is 44.5 Å². The zero-order valence-electron chi connectivity index (χ0n) is 44.1. The number of piperazine rings is 1. The Kier molecular flexibility index (Phi) is 13.7. The number of aryl methyl sites for hydroxylation is 2. The number of pyridine rings is 1. The molecule has 6 aliphatic rings. The summed E-state index contributed by atoms with van der Waals surface area (Å²) in [6.07, 6.45) is 13.0. The predicted octanol–water partition coefficient (Wildman–Crippen LogP) is 7.46. The van der Waals surface area contributed by atoms with E-state index in [2.05, 4.69) is 54.3 Å². The number of aromatic nitrogens is 5. The van der Waals surface area contributed by atoms with Gasteiger partial charge in [0, 0.05) is 82.3 Å². The molecule has 0 saturated carbocycles. The van der Waals surface area contributed by atoms with E-state index < -0.39 is 17.8 Å². The number of phenols is 1. The normalized spacial score (nSPS) is 23.1. The van der Waals surface area contributed by atoms with E-state index in [1.54, 1.807) is 34.5 Å². The van der Waals surface area contributed by atoms with Crippen LogP contribution in [0.5, 0.6) is 11.8 Å². The van der Waals surface area contributed by atoms with Gasteiger partial charge in [0.15, 0.2) is 5.82 Å². The van der Waals surface area contributed by atoms with Crippen molar-refractivity contribution < 1.29 is 28.2 Å². The van der Waals surface area contributed by atoms with Gasteiger partial charge in [-0.2, -0.15) is 9.97 Å². The van der Waals surface area contributed by atoms with E-state index in [9.17, 15) is 19.5 Å². The van der Waals surface area contributed by atoms with E-state index in [0.717, 1.165) is 120 Å². The van der Waals surface area contributed by atoms with Gasteiger partial charge in [-0.25, -0.2) is 13.6 Å². The first-order chi connectivity index (χ1) is 36.8. The molecule has 3 aromatic heterocycles. The molecule has 0 aliphatic carbocycles. The number of halogens is 2. The van der Waals surface area contributed by atoms with E-state index in [1.807, 2.05) is 13.0 Å². The van der Waals surface area contributed by atoms with Crippen molar-refractivity contribution in [2.45, 2.75) is 109 Å². The average Bonchev–Trinajstić information content (AvgIpc) is 3.95. The molecule has 0 radical (unpaired) electrons. The van der Waals surface area contributed by atoms with E-state index in [-0.39, 0.29) is 46.8 Å². The van der Waals surface area contributed by atoms with Gasteiger partial charge in [-0.05, 0) is 167 Å². The maximum atomic E-state index is 17.1. The molecule has 3 aromatic carbocycles. The number of hydrogen-bond acceptors (Lipinski definition) is 13. The van der Waals surface area contributed by atoms with Crippen LogP contribution in [0.3, 0.4) is 0 Å². The number of carbonyl (C=O) groups is 2. The third-order valence-corrected chi connectivity index (χ3v) is 18.2. The fourth-order valence-electron chi connectivity index (χ4n) is 13.9. The van der Waals surface area contributed by atoms with Crippen molar-refractivity contribution in [3.63, 3.8) is 0 Å². The Labute approximate surface area is 441 Å². The van der Waals surface area contributed by atoms with Crippen LogP contribution in [-0.2, 0) is 23.1 Å². The number of hydrogen-bond donors (Lipinski definition) is 3. The minimum atomic E-state index is -0.688. The second-order valence-electron chi connectivity index (χ2n) is 23.3. The predicted molar refractivity (Wildman–Crippen MR) is 290 cm³/mol. The van der Waals surface area contributed by atoms with Crippen LogP contribution < -0.4 is 30.9 Å². The molecule has 6 aromatic rings. The van der Waals surface area contributed by atoms with Crippen LogP contribution in [0.25, 0.3) is 44.0 Å². The maximum Gasteiger partial charge on any atom is 0.329 e. The van der Waals surface area contributed by atoms with Crippen LogP contribution in [0.4, 0.5) is 20.3 Å². The molecule has 3 atom stereocenters. The molecule has 0 spiro atoms. The fraction of sp³-hybridized carbons (Fsp3) is 0.552. The number of ether oxygens (including phenoxy) is 1. The summed E-state index contributed by atoms with van der Waals surface area (Å²) in [5.41, 5.74) is 3.49. The van der Waals surface area contributed by atoms with Crippen molar-refractivity contribution in [3.8, 4) is 23.0 Å². The lowest BCUT2D eigenvalue weighted by molar-refractivity contribution is -0.135. The van der Waals surface area contributed by atoms with Crippen molar-refractivity contribution in [3.05, 3.63) is 76.3 Å². The Hall–Kier alpha value is -6.24. The molecule has 76 heavy (non-hydrogen) atoms. The summed E-state index contributed by atoms with van der Waals surface area (Å²) in [7, 11) is 1.75. The molecular weight excluding hydrogens is 969 g/mol. The maximum absolute atomic E-state index is 17.1. The highest BCUT2D eigenvalue weighted by Gasteiger charge is 2.37. The van der Waals surface area contributed by atoms with E-state index in [4.69, 9.17) is 14.7 Å². The summed E-state index contributed by atoms with van der Waals surface area (Å²) < 4.78 is 41.8. The van der Waals surface area contributed by atoms with Gasteiger partial charge >= 0.3 is 11.7 Å². The van der Waals surface area contributed by atoms with Gasteiger partial charge in [0.1, 0.15) is 41.2 Å². The first-order valence-electron chi connectivity index (χ1n) is 28.0. The Bertz CT molecular complexity index is 3250. The Morgan fingerprint density at radius 3 is 2.32 bits per heavy atom. The molecule has 9 heterocycles. The highest BCUT2D eigenvalue weighted by molar-refractivity contribution is 6.02. The molecular formula is C58H71F2N11O5. The topological polar surface area (TPSA) is 166 Å². The van der Waals surface area contributed by atoms with Gasteiger partial charge in [0.2, 0.25) is 11.8 Å². The minimum Gasteiger partial charge on any atom is -0.508 e. The lowest BCUT2D eigenvalue weighted by Gasteiger charge is -2.43. The van der Waals surface area contributed by atoms with Crippen LogP contribution in [0.2, 0.25) is 0 Å². The Morgan fingerprint density at radius 1 is 0.829 bits per heavy atom. The van der Waals surface area contributed by atoms with Crippen molar-refractivity contribution in [2.24, 2.45) is 24.3 Å².